The van der Waals surface area contributed by atoms with E-state index in [1.165, 1.54) is 6.08 Å². The molecular weight excluding hydrogens is 216 g/mol. The molecule has 0 bridgehead atoms. The molecule has 0 aliphatic carbocycles. The maximum Gasteiger partial charge on any atom is 0.328 e. The van der Waals surface area contributed by atoms with Crippen LogP contribution >= 0.6 is 0 Å². The maximum absolute atomic E-state index is 10.5. The van der Waals surface area contributed by atoms with Crippen LogP contribution in [0, 0.1) is 5.92 Å². The van der Waals surface area contributed by atoms with Crippen molar-refractivity contribution in [1.29, 1.82) is 0 Å². The zero-order chi connectivity index (χ0) is 12.8. The summed E-state index contributed by atoms with van der Waals surface area (Å²) in [7, 11) is 0. The van der Waals surface area contributed by atoms with Gasteiger partial charge in [0.05, 0.1) is 0 Å². The van der Waals surface area contributed by atoms with Gasteiger partial charge in [-0.25, -0.2) is 4.79 Å². The minimum Gasteiger partial charge on any atom is -0.478 e. The quantitative estimate of drug-likeness (QED) is 0.735. The van der Waals surface area contributed by atoms with Crippen molar-refractivity contribution in [2.75, 3.05) is 39.3 Å². The Balaban J connectivity index is 2.30. The number of aliphatic carboxylic acids is 1. The fourth-order valence-electron chi connectivity index (χ4n) is 2.26. The molecule has 0 saturated carbocycles. The van der Waals surface area contributed by atoms with Gasteiger partial charge in [0.15, 0.2) is 0 Å². The Labute approximate surface area is 104 Å². The third kappa shape index (κ3) is 5.84. The van der Waals surface area contributed by atoms with Crippen molar-refractivity contribution >= 4 is 5.97 Å². The molecule has 0 aromatic carbocycles. The molecule has 1 aliphatic heterocycles. The zero-order valence-electron chi connectivity index (χ0n) is 11.1. The van der Waals surface area contributed by atoms with Crippen LogP contribution in [0.15, 0.2) is 11.6 Å². The Bertz CT molecular complexity index is 279. The monoisotopic (exact) mass is 240 g/mol. The molecule has 1 aliphatic rings. The van der Waals surface area contributed by atoms with Crippen LogP contribution in [0.3, 0.4) is 0 Å². The second-order valence-corrected chi connectivity index (χ2v) is 5.30. The molecule has 17 heavy (non-hydrogen) atoms. The molecule has 0 amide bonds. The summed E-state index contributed by atoms with van der Waals surface area (Å²) in [4.78, 5) is 15.3. The molecule has 1 rings (SSSR count). The molecule has 0 radical (unpaired) electrons. The summed E-state index contributed by atoms with van der Waals surface area (Å²) in [5.74, 6) is -0.129. The van der Waals surface area contributed by atoms with Gasteiger partial charge in [-0.3, -0.25) is 4.90 Å². The van der Waals surface area contributed by atoms with Gasteiger partial charge in [0.25, 0.3) is 0 Å². The number of hydrogen-bond donors (Lipinski definition) is 1. The molecule has 0 aromatic rings. The van der Waals surface area contributed by atoms with Crippen molar-refractivity contribution in [3.8, 4) is 0 Å². The van der Waals surface area contributed by atoms with Crippen LogP contribution in [0.5, 0.6) is 0 Å². The van der Waals surface area contributed by atoms with Crippen LogP contribution < -0.4 is 0 Å². The van der Waals surface area contributed by atoms with Crippen molar-refractivity contribution in [3.05, 3.63) is 11.6 Å². The van der Waals surface area contributed by atoms with E-state index in [4.69, 9.17) is 5.11 Å². The van der Waals surface area contributed by atoms with E-state index >= 15 is 0 Å². The van der Waals surface area contributed by atoms with Crippen LogP contribution in [0.4, 0.5) is 0 Å². The van der Waals surface area contributed by atoms with Crippen LogP contribution in [-0.4, -0.2) is 60.1 Å². The number of rotatable bonds is 5. The van der Waals surface area contributed by atoms with Gasteiger partial charge in [-0.2, -0.15) is 0 Å². The predicted molar refractivity (Wildman–Crippen MR) is 69.1 cm³/mol. The molecule has 0 unspecified atom stereocenters. The Morgan fingerprint density at radius 3 is 2.24 bits per heavy atom. The van der Waals surface area contributed by atoms with Gasteiger partial charge >= 0.3 is 5.97 Å². The first-order valence-electron chi connectivity index (χ1n) is 6.32. The van der Waals surface area contributed by atoms with Gasteiger partial charge in [-0.1, -0.05) is 19.4 Å². The number of carbonyl (C=O) groups is 1. The molecule has 4 heteroatoms. The third-order valence-electron chi connectivity index (χ3n) is 2.93. The normalized spacial score (nSPS) is 19.9. The average Bonchev–Trinajstić information content (AvgIpc) is 2.18. The Hall–Kier alpha value is -0.870. The number of nitrogens with zero attached hydrogens (tertiary/aromatic N) is 2. The predicted octanol–water partition coefficient (Wildman–Crippen LogP) is 1.29. The van der Waals surface area contributed by atoms with Crippen molar-refractivity contribution < 1.29 is 9.90 Å². The highest BCUT2D eigenvalue weighted by atomic mass is 16.4. The maximum atomic E-state index is 10.5. The Morgan fingerprint density at radius 2 is 1.76 bits per heavy atom. The smallest absolute Gasteiger partial charge is 0.328 e. The topological polar surface area (TPSA) is 43.8 Å². The summed E-state index contributed by atoms with van der Waals surface area (Å²) < 4.78 is 0. The number of carboxylic acids is 1. The van der Waals surface area contributed by atoms with Crippen LogP contribution in [0.25, 0.3) is 0 Å². The highest BCUT2D eigenvalue weighted by molar-refractivity contribution is 5.80. The number of carboxylic acid groups (broad SMARTS) is 1. The van der Waals surface area contributed by atoms with Crippen molar-refractivity contribution in [1.82, 2.24) is 9.80 Å². The molecule has 0 atom stereocenters. The first-order chi connectivity index (χ1) is 7.97. The van der Waals surface area contributed by atoms with E-state index in [2.05, 4.69) is 23.6 Å². The lowest BCUT2D eigenvalue weighted by Gasteiger charge is -2.35. The van der Waals surface area contributed by atoms with Gasteiger partial charge in [0.1, 0.15) is 0 Å². The SMILES string of the molecule is C/C(=C\C(=O)O)CN1CCN(CC(C)C)CC1. The fraction of sp³-hybridized carbons (Fsp3) is 0.769. The molecule has 1 saturated heterocycles. The zero-order valence-corrected chi connectivity index (χ0v) is 11.1. The van der Waals surface area contributed by atoms with Crippen LogP contribution in [-0.2, 0) is 4.79 Å². The summed E-state index contributed by atoms with van der Waals surface area (Å²) >= 11 is 0. The molecule has 1 heterocycles. The second-order valence-electron chi connectivity index (χ2n) is 5.30. The lowest BCUT2D eigenvalue weighted by atomic mass is 10.2. The van der Waals surface area contributed by atoms with Gasteiger partial charge in [-0.05, 0) is 12.8 Å². The van der Waals surface area contributed by atoms with E-state index < -0.39 is 5.97 Å². The van der Waals surface area contributed by atoms with E-state index in [0.717, 1.165) is 50.8 Å². The minimum atomic E-state index is -0.846. The highest BCUT2D eigenvalue weighted by Gasteiger charge is 2.17. The van der Waals surface area contributed by atoms with Crippen LogP contribution in [0.1, 0.15) is 20.8 Å². The largest absolute Gasteiger partial charge is 0.478 e. The van der Waals surface area contributed by atoms with E-state index in [-0.39, 0.29) is 0 Å². The van der Waals surface area contributed by atoms with Crippen molar-refractivity contribution in [3.63, 3.8) is 0 Å². The van der Waals surface area contributed by atoms with E-state index in [9.17, 15) is 4.79 Å². The molecular formula is C13H24N2O2. The Morgan fingerprint density at radius 1 is 1.24 bits per heavy atom. The standard InChI is InChI=1S/C13H24N2O2/c1-11(2)9-14-4-6-15(7-5-14)10-12(3)8-13(16)17/h8,11H,4-7,9-10H2,1-3H3,(H,16,17)/b12-8+. The number of hydrogen-bond acceptors (Lipinski definition) is 3. The summed E-state index contributed by atoms with van der Waals surface area (Å²) in [6.07, 6.45) is 1.31. The van der Waals surface area contributed by atoms with Gasteiger partial charge < -0.3 is 10.0 Å². The molecule has 1 N–H and O–H groups in total. The van der Waals surface area contributed by atoms with E-state index in [0.29, 0.717) is 0 Å². The first kappa shape index (κ1) is 14.2. The van der Waals surface area contributed by atoms with Gasteiger partial charge in [0.2, 0.25) is 0 Å². The molecule has 98 valence electrons. The van der Waals surface area contributed by atoms with Gasteiger partial charge in [-0.15, -0.1) is 0 Å². The average molecular weight is 240 g/mol. The molecule has 1 fully saturated rings. The lowest BCUT2D eigenvalue weighted by Crippen LogP contribution is -2.47. The van der Waals surface area contributed by atoms with E-state index in [1.807, 2.05) is 6.92 Å². The minimum absolute atomic E-state index is 0.718. The summed E-state index contributed by atoms with van der Waals surface area (Å²) in [5, 5.41) is 8.65. The van der Waals surface area contributed by atoms with Crippen LogP contribution in [0.2, 0.25) is 0 Å². The Kier molecular flexibility index (Phi) is 5.65. The third-order valence-corrected chi connectivity index (χ3v) is 2.93. The molecule has 4 nitrogen and oxygen atoms in total. The molecule has 0 spiro atoms. The second kappa shape index (κ2) is 6.77. The summed E-state index contributed by atoms with van der Waals surface area (Å²) in [5.41, 5.74) is 0.926. The van der Waals surface area contributed by atoms with Gasteiger partial charge in [0, 0.05) is 45.3 Å². The highest BCUT2D eigenvalue weighted by Crippen LogP contribution is 2.07. The van der Waals surface area contributed by atoms with E-state index in [1.54, 1.807) is 0 Å². The van der Waals surface area contributed by atoms with Crippen molar-refractivity contribution in [2.24, 2.45) is 5.92 Å². The van der Waals surface area contributed by atoms with Crippen molar-refractivity contribution in [2.45, 2.75) is 20.8 Å². The fourth-order valence-corrected chi connectivity index (χ4v) is 2.26. The summed E-state index contributed by atoms with van der Waals surface area (Å²) in [6.45, 7) is 12.6. The molecule has 0 aromatic heterocycles. The lowest BCUT2D eigenvalue weighted by molar-refractivity contribution is -0.131. The summed E-state index contributed by atoms with van der Waals surface area (Å²) in [6, 6.07) is 0. The number of piperazine rings is 1. The first-order valence-corrected chi connectivity index (χ1v) is 6.32.